The Morgan fingerprint density at radius 2 is 2.11 bits per heavy atom. The maximum Gasteiger partial charge on any atom is 0.167 e. The molecule has 0 radical (unpaired) electrons. The van der Waals surface area contributed by atoms with Crippen molar-refractivity contribution < 1.29 is 9.13 Å². The SMILES string of the molecule is CCOc1cc(SCC2CCCC2)c(N)cc1F. The van der Waals surface area contributed by atoms with Crippen LogP contribution in [-0.2, 0) is 0 Å². The van der Waals surface area contributed by atoms with Crippen LogP contribution in [0.1, 0.15) is 32.6 Å². The normalized spacial score (nSPS) is 16.1. The predicted molar refractivity (Wildman–Crippen MR) is 74.7 cm³/mol. The molecule has 1 aromatic rings. The first-order valence-corrected chi connectivity index (χ1v) is 7.54. The average Bonchev–Trinajstić information content (AvgIpc) is 2.84. The van der Waals surface area contributed by atoms with E-state index in [9.17, 15) is 4.39 Å². The summed E-state index contributed by atoms with van der Waals surface area (Å²) in [4.78, 5) is 0.937. The Balaban J connectivity index is 2.03. The maximum absolute atomic E-state index is 13.5. The van der Waals surface area contributed by atoms with Crippen LogP contribution in [0, 0.1) is 11.7 Å². The average molecular weight is 269 g/mol. The smallest absolute Gasteiger partial charge is 0.167 e. The Labute approximate surface area is 112 Å². The molecule has 0 bridgehead atoms. The van der Waals surface area contributed by atoms with Gasteiger partial charge in [0, 0.05) is 22.4 Å². The largest absolute Gasteiger partial charge is 0.491 e. The van der Waals surface area contributed by atoms with Crippen molar-refractivity contribution >= 4 is 17.4 Å². The van der Waals surface area contributed by atoms with Gasteiger partial charge in [-0.2, -0.15) is 0 Å². The summed E-state index contributed by atoms with van der Waals surface area (Å²) in [5.74, 6) is 1.79. The summed E-state index contributed by atoms with van der Waals surface area (Å²) >= 11 is 1.72. The van der Waals surface area contributed by atoms with Crippen LogP contribution in [0.2, 0.25) is 0 Å². The zero-order valence-electron chi connectivity index (χ0n) is 10.7. The lowest BCUT2D eigenvalue weighted by molar-refractivity contribution is 0.321. The molecule has 100 valence electrons. The third kappa shape index (κ3) is 3.31. The molecule has 18 heavy (non-hydrogen) atoms. The highest BCUT2D eigenvalue weighted by Crippen LogP contribution is 2.36. The molecule has 0 aliphatic heterocycles. The number of rotatable bonds is 5. The molecule has 1 fully saturated rings. The summed E-state index contributed by atoms with van der Waals surface area (Å²) in [6.07, 6.45) is 5.31. The highest BCUT2D eigenvalue weighted by atomic mass is 32.2. The van der Waals surface area contributed by atoms with E-state index in [2.05, 4.69) is 0 Å². The van der Waals surface area contributed by atoms with Crippen LogP contribution in [0.3, 0.4) is 0 Å². The minimum Gasteiger partial charge on any atom is -0.491 e. The molecule has 1 aliphatic carbocycles. The summed E-state index contributed by atoms with van der Waals surface area (Å²) in [5.41, 5.74) is 6.37. The molecule has 0 amide bonds. The molecule has 0 unspecified atom stereocenters. The van der Waals surface area contributed by atoms with Crippen LogP contribution in [-0.4, -0.2) is 12.4 Å². The molecule has 2 N–H and O–H groups in total. The van der Waals surface area contributed by atoms with Crippen molar-refractivity contribution in [3.8, 4) is 5.75 Å². The number of anilines is 1. The molecule has 0 spiro atoms. The van der Waals surface area contributed by atoms with E-state index >= 15 is 0 Å². The van der Waals surface area contributed by atoms with Crippen molar-refractivity contribution in [3.05, 3.63) is 17.9 Å². The van der Waals surface area contributed by atoms with E-state index in [1.165, 1.54) is 31.7 Å². The second kappa shape index (κ2) is 6.32. The molecule has 2 rings (SSSR count). The number of nitrogen functional groups attached to an aromatic ring is 1. The Hall–Kier alpha value is -0.900. The van der Waals surface area contributed by atoms with E-state index in [1.807, 2.05) is 6.92 Å². The lowest BCUT2D eigenvalue weighted by Gasteiger charge is -2.12. The number of benzene rings is 1. The van der Waals surface area contributed by atoms with Crippen LogP contribution in [0.25, 0.3) is 0 Å². The van der Waals surface area contributed by atoms with E-state index in [1.54, 1.807) is 17.8 Å². The lowest BCUT2D eigenvalue weighted by Crippen LogP contribution is -2.00. The first-order valence-electron chi connectivity index (χ1n) is 6.55. The van der Waals surface area contributed by atoms with Gasteiger partial charge in [-0.3, -0.25) is 0 Å². The van der Waals surface area contributed by atoms with Crippen LogP contribution in [0.5, 0.6) is 5.75 Å². The fourth-order valence-corrected chi connectivity index (χ4v) is 3.49. The number of hydrogen-bond donors (Lipinski definition) is 1. The second-order valence-corrected chi connectivity index (χ2v) is 5.78. The Morgan fingerprint density at radius 1 is 1.39 bits per heavy atom. The zero-order chi connectivity index (χ0) is 13.0. The van der Waals surface area contributed by atoms with Crippen LogP contribution in [0.4, 0.5) is 10.1 Å². The van der Waals surface area contributed by atoms with Gasteiger partial charge in [0.2, 0.25) is 0 Å². The summed E-state index contributed by atoms with van der Waals surface area (Å²) < 4.78 is 18.8. The topological polar surface area (TPSA) is 35.2 Å². The second-order valence-electron chi connectivity index (χ2n) is 4.71. The lowest BCUT2D eigenvalue weighted by atomic mass is 10.1. The number of hydrogen-bond acceptors (Lipinski definition) is 3. The number of nitrogens with two attached hydrogens (primary N) is 1. The summed E-state index contributed by atoms with van der Waals surface area (Å²) in [5, 5.41) is 0. The third-order valence-electron chi connectivity index (χ3n) is 3.31. The van der Waals surface area contributed by atoms with Crippen LogP contribution in [0.15, 0.2) is 17.0 Å². The Kier molecular flexibility index (Phi) is 4.75. The summed E-state index contributed by atoms with van der Waals surface area (Å²) in [7, 11) is 0. The predicted octanol–water partition coefficient (Wildman–Crippen LogP) is 4.09. The summed E-state index contributed by atoms with van der Waals surface area (Å²) in [6, 6.07) is 3.09. The molecule has 0 aromatic heterocycles. The van der Waals surface area contributed by atoms with Gasteiger partial charge >= 0.3 is 0 Å². The van der Waals surface area contributed by atoms with Crippen molar-refractivity contribution in [1.82, 2.24) is 0 Å². The van der Waals surface area contributed by atoms with Crippen molar-refractivity contribution in [3.63, 3.8) is 0 Å². The van der Waals surface area contributed by atoms with Crippen molar-refractivity contribution in [2.24, 2.45) is 5.92 Å². The minimum absolute atomic E-state index is 0.306. The van der Waals surface area contributed by atoms with E-state index < -0.39 is 0 Å². The van der Waals surface area contributed by atoms with Crippen molar-refractivity contribution in [1.29, 1.82) is 0 Å². The standard InChI is InChI=1S/C14H20FNOS/c1-2-17-13-8-14(12(16)7-11(13)15)18-9-10-5-3-4-6-10/h7-8,10H,2-6,9,16H2,1H3. The molecule has 0 heterocycles. The van der Waals surface area contributed by atoms with E-state index in [0.29, 0.717) is 18.0 Å². The zero-order valence-corrected chi connectivity index (χ0v) is 11.6. The number of ether oxygens (including phenoxy) is 1. The van der Waals surface area contributed by atoms with Crippen LogP contribution < -0.4 is 10.5 Å². The van der Waals surface area contributed by atoms with Gasteiger partial charge in [-0.25, -0.2) is 4.39 Å². The quantitative estimate of drug-likeness (QED) is 0.646. The molecule has 0 atom stereocenters. The maximum atomic E-state index is 13.5. The van der Waals surface area contributed by atoms with E-state index in [-0.39, 0.29) is 5.82 Å². The van der Waals surface area contributed by atoms with Gasteiger partial charge in [-0.05, 0) is 31.7 Å². The van der Waals surface area contributed by atoms with Gasteiger partial charge in [0.25, 0.3) is 0 Å². The van der Waals surface area contributed by atoms with Crippen LogP contribution >= 0.6 is 11.8 Å². The third-order valence-corrected chi connectivity index (χ3v) is 4.62. The van der Waals surface area contributed by atoms with Gasteiger partial charge in [-0.1, -0.05) is 12.8 Å². The number of thioether (sulfide) groups is 1. The van der Waals surface area contributed by atoms with Gasteiger partial charge < -0.3 is 10.5 Å². The first-order chi connectivity index (χ1) is 8.70. The highest BCUT2D eigenvalue weighted by molar-refractivity contribution is 7.99. The first kappa shape index (κ1) is 13.5. The van der Waals surface area contributed by atoms with E-state index in [4.69, 9.17) is 10.5 Å². The summed E-state index contributed by atoms with van der Waals surface area (Å²) in [6.45, 7) is 2.31. The molecule has 1 aromatic carbocycles. The molecular weight excluding hydrogens is 249 g/mol. The molecule has 1 saturated carbocycles. The molecule has 0 saturated heterocycles. The Morgan fingerprint density at radius 3 is 2.78 bits per heavy atom. The van der Waals surface area contributed by atoms with Gasteiger partial charge in [0.1, 0.15) is 0 Å². The molecule has 2 nitrogen and oxygen atoms in total. The van der Waals surface area contributed by atoms with Gasteiger partial charge in [-0.15, -0.1) is 11.8 Å². The number of halogens is 1. The van der Waals surface area contributed by atoms with Crippen molar-refractivity contribution in [2.45, 2.75) is 37.5 Å². The van der Waals surface area contributed by atoms with Crippen molar-refractivity contribution in [2.75, 3.05) is 18.1 Å². The highest BCUT2D eigenvalue weighted by Gasteiger charge is 2.16. The molecule has 1 aliphatic rings. The minimum atomic E-state index is -0.375. The van der Waals surface area contributed by atoms with Gasteiger partial charge in [0.05, 0.1) is 6.61 Å². The fraction of sp³-hybridized carbons (Fsp3) is 0.571. The fourth-order valence-electron chi connectivity index (χ4n) is 2.33. The van der Waals surface area contributed by atoms with E-state index in [0.717, 1.165) is 16.6 Å². The van der Waals surface area contributed by atoms with Gasteiger partial charge in [0.15, 0.2) is 11.6 Å². The monoisotopic (exact) mass is 269 g/mol. The molecule has 4 heteroatoms. The molecular formula is C14H20FNOS. The Bertz CT molecular complexity index is 405.